The normalized spacial score (nSPS) is 11.8. The maximum atomic E-state index is 12.9. The SMILES string of the molecule is CC(Oc1cccc(Br)c1)C(=O)N(C)Cc1ccc(F)cc1. The molecule has 0 spiro atoms. The van der Waals surface area contributed by atoms with Gasteiger partial charge < -0.3 is 9.64 Å². The molecule has 5 heteroatoms. The van der Waals surface area contributed by atoms with Crippen LogP contribution in [0.2, 0.25) is 0 Å². The van der Waals surface area contributed by atoms with Crippen LogP contribution in [0.1, 0.15) is 12.5 Å². The topological polar surface area (TPSA) is 29.5 Å². The van der Waals surface area contributed by atoms with Crippen molar-refractivity contribution in [3.8, 4) is 5.75 Å². The van der Waals surface area contributed by atoms with E-state index in [1.807, 2.05) is 18.2 Å². The molecule has 0 aliphatic heterocycles. The van der Waals surface area contributed by atoms with Crippen LogP contribution < -0.4 is 4.74 Å². The molecule has 1 unspecified atom stereocenters. The summed E-state index contributed by atoms with van der Waals surface area (Å²) in [5, 5.41) is 0. The highest BCUT2D eigenvalue weighted by Gasteiger charge is 2.19. The van der Waals surface area contributed by atoms with Gasteiger partial charge in [0.25, 0.3) is 5.91 Å². The lowest BCUT2D eigenvalue weighted by atomic mass is 10.2. The highest BCUT2D eigenvalue weighted by atomic mass is 79.9. The van der Waals surface area contributed by atoms with E-state index in [1.54, 1.807) is 37.1 Å². The lowest BCUT2D eigenvalue weighted by molar-refractivity contribution is -0.137. The first kappa shape index (κ1) is 16.5. The summed E-state index contributed by atoms with van der Waals surface area (Å²) in [5.41, 5.74) is 0.868. The van der Waals surface area contributed by atoms with Gasteiger partial charge in [0.2, 0.25) is 0 Å². The first-order valence-electron chi connectivity index (χ1n) is 6.87. The average Bonchev–Trinajstić information content (AvgIpc) is 2.48. The van der Waals surface area contributed by atoms with Crippen molar-refractivity contribution >= 4 is 21.8 Å². The summed E-state index contributed by atoms with van der Waals surface area (Å²) in [6.07, 6.45) is -0.597. The number of ether oxygens (including phenoxy) is 1. The van der Waals surface area contributed by atoms with Crippen molar-refractivity contribution in [1.82, 2.24) is 4.90 Å². The number of hydrogen-bond acceptors (Lipinski definition) is 2. The molecular weight excluding hydrogens is 349 g/mol. The van der Waals surface area contributed by atoms with E-state index in [2.05, 4.69) is 15.9 Å². The number of carbonyl (C=O) groups excluding carboxylic acids is 1. The second kappa shape index (κ2) is 7.40. The van der Waals surface area contributed by atoms with Crippen molar-refractivity contribution in [3.05, 3.63) is 64.4 Å². The number of benzene rings is 2. The fourth-order valence-electron chi connectivity index (χ4n) is 2.05. The van der Waals surface area contributed by atoms with Crippen LogP contribution in [0.15, 0.2) is 53.0 Å². The Kier molecular flexibility index (Phi) is 5.55. The van der Waals surface area contributed by atoms with Gasteiger partial charge in [-0.25, -0.2) is 4.39 Å². The van der Waals surface area contributed by atoms with Crippen molar-refractivity contribution in [2.75, 3.05) is 7.05 Å². The zero-order chi connectivity index (χ0) is 16.1. The van der Waals surface area contributed by atoms with E-state index in [-0.39, 0.29) is 11.7 Å². The molecule has 0 heterocycles. The number of likely N-dealkylation sites (N-methyl/N-ethyl adjacent to an activating group) is 1. The summed E-state index contributed by atoms with van der Waals surface area (Å²) in [4.78, 5) is 13.9. The van der Waals surface area contributed by atoms with Crippen LogP contribution in [0.4, 0.5) is 4.39 Å². The van der Waals surface area contributed by atoms with Crippen molar-refractivity contribution in [3.63, 3.8) is 0 Å². The lowest BCUT2D eigenvalue weighted by Gasteiger charge is -2.22. The van der Waals surface area contributed by atoms with Gasteiger partial charge in [0, 0.05) is 18.1 Å². The van der Waals surface area contributed by atoms with Gasteiger partial charge in [-0.1, -0.05) is 34.1 Å². The quantitative estimate of drug-likeness (QED) is 0.800. The molecule has 2 rings (SSSR count). The minimum atomic E-state index is -0.597. The predicted molar refractivity (Wildman–Crippen MR) is 87.1 cm³/mol. The highest BCUT2D eigenvalue weighted by molar-refractivity contribution is 9.10. The third-order valence-electron chi connectivity index (χ3n) is 3.17. The van der Waals surface area contributed by atoms with E-state index in [4.69, 9.17) is 4.74 Å². The molecule has 0 bridgehead atoms. The zero-order valence-electron chi connectivity index (χ0n) is 12.4. The fraction of sp³-hybridized carbons (Fsp3) is 0.235. The van der Waals surface area contributed by atoms with E-state index >= 15 is 0 Å². The van der Waals surface area contributed by atoms with Gasteiger partial charge in [-0.05, 0) is 42.8 Å². The highest BCUT2D eigenvalue weighted by Crippen LogP contribution is 2.19. The number of amides is 1. The van der Waals surface area contributed by atoms with Gasteiger partial charge in [0.05, 0.1) is 0 Å². The molecule has 1 atom stereocenters. The fourth-order valence-corrected chi connectivity index (χ4v) is 2.43. The number of rotatable bonds is 5. The first-order valence-corrected chi connectivity index (χ1v) is 7.66. The molecule has 0 N–H and O–H groups in total. The Morgan fingerprint density at radius 3 is 2.59 bits per heavy atom. The summed E-state index contributed by atoms with van der Waals surface area (Å²) in [6.45, 7) is 2.12. The molecular formula is C17H17BrFNO2. The molecule has 3 nitrogen and oxygen atoms in total. The molecule has 22 heavy (non-hydrogen) atoms. The number of carbonyl (C=O) groups is 1. The van der Waals surface area contributed by atoms with Gasteiger partial charge >= 0.3 is 0 Å². The van der Waals surface area contributed by atoms with E-state index < -0.39 is 6.10 Å². The van der Waals surface area contributed by atoms with Crippen molar-refractivity contribution in [1.29, 1.82) is 0 Å². The van der Waals surface area contributed by atoms with Crippen LogP contribution in [0.5, 0.6) is 5.75 Å². The molecule has 0 fully saturated rings. The van der Waals surface area contributed by atoms with Gasteiger partial charge in [0.15, 0.2) is 6.10 Å². The van der Waals surface area contributed by atoms with Crippen molar-refractivity contribution in [2.45, 2.75) is 19.6 Å². The standard InChI is InChI=1S/C17H17BrFNO2/c1-12(22-16-5-3-4-14(18)10-16)17(21)20(2)11-13-6-8-15(19)9-7-13/h3-10,12H,11H2,1-2H3. The zero-order valence-corrected chi connectivity index (χ0v) is 14.0. The Morgan fingerprint density at radius 2 is 1.95 bits per heavy atom. The van der Waals surface area contributed by atoms with Crippen molar-refractivity contribution in [2.24, 2.45) is 0 Å². The molecule has 0 aromatic heterocycles. The second-order valence-electron chi connectivity index (χ2n) is 5.04. The summed E-state index contributed by atoms with van der Waals surface area (Å²) < 4.78 is 19.4. The number of hydrogen-bond donors (Lipinski definition) is 0. The van der Waals surface area contributed by atoms with Crippen LogP contribution in [0, 0.1) is 5.82 Å². The summed E-state index contributed by atoms with van der Waals surface area (Å²) in [5.74, 6) is 0.207. The molecule has 2 aromatic carbocycles. The number of nitrogens with zero attached hydrogens (tertiary/aromatic N) is 1. The van der Waals surface area contributed by atoms with Crippen LogP contribution in [0.3, 0.4) is 0 Å². The monoisotopic (exact) mass is 365 g/mol. The van der Waals surface area contributed by atoms with Gasteiger partial charge in [-0.15, -0.1) is 0 Å². The maximum absolute atomic E-state index is 12.9. The Labute approximate surface area is 137 Å². The van der Waals surface area contributed by atoms with Crippen molar-refractivity contribution < 1.29 is 13.9 Å². The maximum Gasteiger partial charge on any atom is 0.263 e. The molecule has 0 aliphatic carbocycles. The predicted octanol–water partition coefficient (Wildman–Crippen LogP) is 4.01. The lowest BCUT2D eigenvalue weighted by Crippen LogP contribution is -2.37. The Morgan fingerprint density at radius 1 is 1.27 bits per heavy atom. The Bertz CT molecular complexity index is 645. The molecule has 0 saturated carbocycles. The van der Waals surface area contributed by atoms with Gasteiger partial charge in [-0.2, -0.15) is 0 Å². The van der Waals surface area contributed by atoms with Crippen LogP contribution in [-0.2, 0) is 11.3 Å². The van der Waals surface area contributed by atoms with Gasteiger partial charge in [0.1, 0.15) is 11.6 Å². The summed E-state index contributed by atoms with van der Waals surface area (Å²) in [6, 6.07) is 13.4. The number of halogens is 2. The summed E-state index contributed by atoms with van der Waals surface area (Å²) in [7, 11) is 1.70. The molecule has 0 saturated heterocycles. The van der Waals surface area contributed by atoms with E-state index in [0.717, 1.165) is 10.0 Å². The Hall–Kier alpha value is -1.88. The summed E-state index contributed by atoms with van der Waals surface area (Å²) >= 11 is 3.36. The van der Waals surface area contributed by atoms with Crippen LogP contribution in [0.25, 0.3) is 0 Å². The molecule has 0 radical (unpaired) electrons. The van der Waals surface area contributed by atoms with Gasteiger partial charge in [-0.3, -0.25) is 4.79 Å². The minimum Gasteiger partial charge on any atom is -0.481 e. The van der Waals surface area contributed by atoms with E-state index in [1.165, 1.54) is 12.1 Å². The third-order valence-corrected chi connectivity index (χ3v) is 3.66. The largest absolute Gasteiger partial charge is 0.481 e. The Balaban J connectivity index is 1.96. The van der Waals surface area contributed by atoms with E-state index in [0.29, 0.717) is 12.3 Å². The van der Waals surface area contributed by atoms with E-state index in [9.17, 15) is 9.18 Å². The second-order valence-corrected chi connectivity index (χ2v) is 5.95. The molecule has 2 aromatic rings. The van der Waals surface area contributed by atoms with Crippen LogP contribution >= 0.6 is 15.9 Å². The van der Waals surface area contributed by atoms with Crippen LogP contribution in [-0.4, -0.2) is 24.0 Å². The smallest absolute Gasteiger partial charge is 0.263 e. The molecule has 1 amide bonds. The molecule has 0 aliphatic rings. The average molecular weight is 366 g/mol. The molecule has 116 valence electrons. The first-order chi connectivity index (χ1) is 10.5. The minimum absolute atomic E-state index is 0.135. The third kappa shape index (κ3) is 4.56.